The van der Waals surface area contributed by atoms with Crippen molar-refractivity contribution >= 4 is 5.82 Å². The van der Waals surface area contributed by atoms with Crippen molar-refractivity contribution in [1.82, 2.24) is 9.97 Å². The molecule has 0 aromatic carbocycles. The van der Waals surface area contributed by atoms with Crippen LogP contribution in [-0.2, 0) is 6.42 Å². The fourth-order valence-electron chi connectivity index (χ4n) is 1.39. The van der Waals surface area contributed by atoms with E-state index in [-0.39, 0.29) is 0 Å². The van der Waals surface area contributed by atoms with Crippen LogP contribution in [0.4, 0.5) is 5.82 Å². The van der Waals surface area contributed by atoms with Crippen molar-refractivity contribution in [1.29, 1.82) is 0 Å². The second-order valence-electron chi connectivity index (χ2n) is 5.02. The zero-order valence-corrected chi connectivity index (χ0v) is 12.2. The van der Waals surface area contributed by atoms with Crippen molar-refractivity contribution in [3.8, 4) is 5.88 Å². The SMILES string of the molecule is CCc1nc(NC(C)CC)cc(OCC(C)C)n1. The normalized spacial score (nSPS) is 12.6. The Bertz CT molecular complexity index is 366. The minimum absolute atomic E-state index is 0.405. The summed E-state index contributed by atoms with van der Waals surface area (Å²) in [6.45, 7) is 11.3. The summed E-state index contributed by atoms with van der Waals surface area (Å²) in [5, 5.41) is 3.36. The van der Waals surface area contributed by atoms with Gasteiger partial charge >= 0.3 is 0 Å². The lowest BCUT2D eigenvalue weighted by atomic mass is 10.2. The fourth-order valence-corrected chi connectivity index (χ4v) is 1.39. The van der Waals surface area contributed by atoms with Crippen LogP contribution in [0, 0.1) is 5.92 Å². The molecule has 18 heavy (non-hydrogen) atoms. The highest BCUT2D eigenvalue weighted by Gasteiger charge is 2.07. The molecule has 0 saturated heterocycles. The number of aryl methyl sites for hydroxylation is 1. The molecule has 0 saturated carbocycles. The number of rotatable bonds is 7. The lowest BCUT2D eigenvalue weighted by Crippen LogP contribution is -2.16. The summed E-state index contributed by atoms with van der Waals surface area (Å²) >= 11 is 0. The van der Waals surface area contributed by atoms with Gasteiger partial charge in [-0.2, -0.15) is 4.98 Å². The Morgan fingerprint density at radius 3 is 2.50 bits per heavy atom. The van der Waals surface area contributed by atoms with Crippen LogP contribution in [-0.4, -0.2) is 22.6 Å². The summed E-state index contributed by atoms with van der Waals surface area (Å²) < 4.78 is 5.67. The Morgan fingerprint density at radius 2 is 1.94 bits per heavy atom. The molecular formula is C14H25N3O. The molecule has 1 rings (SSSR count). The van der Waals surface area contributed by atoms with Crippen LogP contribution in [0.15, 0.2) is 6.07 Å². The molecule has 1 atom stereocenters. The average molecular weight is 251 g/mol. The van der Waals surface area contributed by atoms with Gasteiger partial charge in [0.05, 0.1) is 6.61 Å². The molecule has 0 aliphatic carbocycles. The van der Waals surface area contributed by atoms with E-state index in [2.05, 4.69) is 49.9 Å². The van der Waals surface area contributed by atoms with Gasteiger partial charge in [0.2, 0.25) is 5.88 Å². The van der Waals surface area contributed by atoms with Gasteiger partial charge in [-0.3, -0.25) is 0 Å². The van der Waals surface area contributed by atoms with Crippen LogP contribution in [0.25, 0.3) is 0 Å². The van der Waals surface area contributed by atoms with Gasteiger partial charge in [-0.25, -0.2) is 4.98 Å². The topological polar surface area (TPSA) is 47.0 Å². The first kappa shape index (κ1) is 14.7. The number of nitrogens with one attached hydrogen (secondary N) is 1. The molecule has 102 valence electrons. The molecule has 1 aromatic heterocycles. The van der Waals surface area contributed by atoms with Crippen molar-refractivity contribution < 1.29 is 4.74 Å². The predicted octanol–water partition coefficient (Wildman–Crippen LogP) is 3.28. The van der Waals surface area contributed by atoms with Gasteiger partial charge in [0.1, 0.15) is 11.6 Å². The number of ether oxygens (including phenoxy) is 1. The van der Waals surface area contributed by atoms with E-state index in [1.165, 1.54) is 0 Å². The number of aromatic nitrogens is 2. The predicted molar refractivity (Wildman–Crippen MR) is 75.1 cm³/mol. The molecule has 1 heterocycles. The summed E-state index contributed by atoms with van der Waals surface area (Å²) in [6, 6.07) is 2.29. The zero-order chi connectivity index (χ0) is 13.5. The van der Waals surface area contributed by atoms with Crippen LogP contribution >= 0.6 is 0 Å². The third-order valence-corrected chi connectivity index (χ3v) is 2.64. The van der Waals surface area contributed by atoms with E-state index >= 15 is 0 Å². The molecule has 1 unspecified atom stereocenters. The van der Waals surface area contributed by atoms with Crippen molar-refractivity contribution in [2.45, 2.75) is 53.5 Å². The van der Waals surface area contributed by atoms with Crippen molar-refractivity contribution in [3.63, 3.8) is 0 Å². The Kier molecular flexibility index (Phi) is 5.89. The summed E-state index contributed by atoms with van der Waals surface area (Å²) in [5.41, 5.74) is 0. The molecule has 4 nitrogen and oxygen atoms in total. The second kappa shape index (κ2) is 7.19. The lowest BCUT2D eigenvalue weighted by Gasteiger charge is -2.14. The van der Waals surface area contributed by atoms with E-state index in [9.17, 15) is 0 Å². The van der Waals surface area contributed by atoms with Gasteiger partial charge < -0.3 is 10.1 Å². The summed E-state index contributed by atoms with van der Waals surface area (Å²) in [6.07, 6.45) is 1.88. The van der Waals surface area contributed by atoms with E-state index in [1.807, 2.05) is 6.07 Å². The maximum atomic E-state index is 5.67. The molecule has 0 amide bonds. The van der Waals surface area contributed by atoms with Gasteiger partial charge in [0, 0.05) is 18.5 Å². The molecule has 0 fully saturated rings. The van der Waals surface area contributed by atoms with Gasteiger partial charge in [-0.05, 0) is 19.3 Å². The van der Waals surface area contributed by atoms with Crippen molar-refractivity contribution in [2.24, 2.45) is 5.92 Å². The first-order valence-corrected chi connectivity index (χ1v) is 6.82. The fraction of sp³-hybridized carbons (Fsp3) is 0.714. The highest BCUT2D eigenvalue weighted by molar-refractivity contribution is 5.39. The van der Waals surface area contributed by atoms with Gasteiger partial charge in [0.25, 0.3) is 0 Å². The van der Waals surface area contributed by atoms with Crippen LogP contribution in [0.1, 0.15) is 46.9 Å². The maximum Gasteiger partial charge on any atom is 0.218 e. The van der Waals surface area contributed by atoms with Gasteiger partial charge in [-0.1, -0.05) is 27.7 Å². The molecule has 0 radical (unpaired) electrons. The van der Waals surface area contributed by atoms with Crippen molar-refractivity contribution in [3.05, 3.63) is 11.9 Å². The third-order valence-electron chi connectivity index (χ3n) is 2.64. The van der Waals surface area contributed by atoms with Crippen LogP contribution in [0.3, 0.4) is 0 Å². The second-order valence-corrected chi connectivity index (χ2v) is 5.02. The molecule has 1 N–H and O–H groups in total. The Hall–Kier alpha value is -1.32. The molecule has 0 spiro atoms. The maximum absolute atomic E-state index is 5.67. The van der Waals surface area contributed by atoms with E-state index in [0.717, 1.165) is 24.5 Å². The summed E-state index contributed by atoms with van der Waals surface area (Å²) in [5.74, 6) is 2.84. The largest absolute Gasteiger partial charge is 0.477 e. The zero-order valence-electron chi connectivity index (χ0n) is 12.2. The van der Waals surface area contributed by atoms with E-state index in [1.54, 1.807) is 0 Å². The van der Waals surface area contributed by atoms with E-state index in [4.69, 9.17) is 4.74 Å². The quantitative estimate of drug-likeness (QED) is 0.808. The van der Waals surface area contributed by atoms with E-state index in [0.29, 0.717) is 24.4 Å². The first-order valence-electron chi connectivity index (χ1n) is 6.82. The molecule has 0 aliphatic heterocycles. The standard InChI is InChI=1S/C14H25N3O/c1-6-11(5)15-13-8-14(18-9-10(3)4)17-12(7-2)16-13/h8,10-11H,6-7,9H2,1-5H3,(H,15,16,17). The minimum atomic E-state index is 0.405. The number of hydrogen-bond acceptors (Lipinski definition) is 4. The molecule has 0 aliphatic rings. The summed E-state index contributed by atoms with van der Waals surface area (Å²) in [7, 11) is 0. The number of hydrogen-bond donors (Lipinski definition) is 1. The molecular weight excluding hydrogens is 226 g/mol. The first-order chi connectivity index (χ1) is 8.55. The number of anilines is 1. The smallest absolute Gasteiger partial charge is 0.218 e. The molecule has 1 aromatic rings. The van der Waals surface area contributed by atoms with Gasteiger partial charge in [-0.15, -0.1) is 0 Å². The van der Waals surface area contributed by atoms with Gasteiger partial charge in [0.15, 0.2) is 0 Å². The highest BCUT2D eigenvalue weighted by Crippen LogP contribution is 2.16. The highest BCUT2D eigenvalue weighted by atomic mass is 16.5. The molecule has 0 bridgehead atoms. The monoisotopic (exact) mass is 251 g/mol. The van der Waals surface area contributed by atoms with Crippen LogP contribution in [0.2, 0.25) is 0 Å². The average Bonchev–Trinajstić information content (AvgIpc) is 2.35. The van der Waals surface area contributed by atoms with Crippen LogP contribution in [0.5, 0.6) is 5.88 Å². The van der Waals surface area contributed by atoms with Crippen molar-refractivity contribution in [2.75, 3.05) is 11.9 Å². The summed E-state index contributed by atoms with van der Waals surface area (Å²) in [4.78, 5) is 8.85. The van der Waals surface area contributed by atoms with E-state index < -0.39 is 0 Å². The Labute approximate surface area is 110 Å². The molecule has 4 heteroatoms. The number of nitrogens with zero attached hydrogens (tertiary/aromatic N) is 2. The Morgan fingerprint density at radius 1 is 1.22 bits per heavy atom. The minimum Gasteiger partial charge on any atom is -0.477 e. The lowest BCUT2D eigenvalue weighted by molar-refractivity contribution is 0.260. The third kappa shape index (κ3) is 4.90. The Balaban J connectivity index is 2.80. The van der Waals surface area contributed by atoms with Crippen LogP contribution < -0.4 is 10.1 Å².